The van der Waals surface area contributed by atoms with Gasteiger partial charge in [-0.15, -0.1) is 11.8 Å². The van der Waals surface area contributed by atoms with Crippen LogP contribution in [0.1, 0.15) is 10.9 Å². The molecule has 1 aliphatic heterocycles. The summed E-state index contributed by atoms with van der Waals surface area (Å²) in [5.41, 5.74) is 1.53. The normalized spacial score (nSPS) is 19.2. The number of halogens is 1. The third-order valence-electron chi connectivity index (χ3n) is 3.24. The van der Waals surface area contributed by atoms with Gasteiger partial charge in [0.2, 0.25) is 5.91 Å². The number of nitrogens with zero attached hydrogens (tertiary/aromatic N) is 2. The van der Waals surface area contributed by atoms with Crippen molar-refractivity contribution in [2.24, 2.45) is 0 Å². The van der Waals surface area contributed by atoms with Gasteiger partial charge in [-0.2, -0.15) is 0 Å². The van der Waals surface area contributed by atoms with Crippen molar-refractivity contribution in [3.8, 4) is 5.69 Å². The number of carbonyl (C=O) groups excluding carboxylic acids is 1. The molecule has 1 amide bonds. The predicted molar refractivity (Wildman–Crippen MR) is 73.7 cm³/mol. The van der Waals surface area contributed by atoms with Crippen LogP contribution in [0.3, 0.4) is 0 Å². The van der Waals surface area contributed by atoms with E-state index in [1.807, 2.05) is 18.5 Å². The molecule has 1 fully saturated rings. The van der Waals surface area contributed by atoms with E-state index in [9.17, 15) is 9.18 Å². The Morgan fingerprint density at radius 1 is 1.32 bits per heavy atom. The first-order valence-corrected chi connectivity index (χ1v) is 7.02. The Morgan fingerprint density at radius 2 is 2.11 bits per heavy atom. The van der Waals surface area contributed by atoms with Crippen molar-refractivity contribution in [2.45, 2.75) is 5.37 Å². The zero-order valence-electron chi connectivity index (χ0n) is 10.4. The Morgan fingerprint density at radius 3 is 2.79 bits per heavy atom. The third kappa shape index (κ3) is 2.14. The number of hydrogen-bond donors (Lipinski definition) is 0. The molecule has 0 aliphatic carbocycles. The maximum Gasteiger partial charge on any atom is 0.233 e. The van der Waals surface area contributed by atoms with Gasteiger partial charge in [-0.25, -0.2) is 4.39 Å². The highest BCUT2D eigenvalue weighted by molar-refractivity contribution is 8.00. The Kier molecular flexibility index (Phi) is 3.06. The molecule has 2 aromatic rings. The topological polar surface area (TPSA) is 25.2 Å². The molecular weight excluding hydrogens is 263 g/mol. The fourth-order valence-corrected chi connectivity index (χ4v) is 3.36. The number of amides is 1. The molecule has 0 radical (unpaired) electrons. The van der Waals surface area contributed by atoms with Crippen LogP contribution in [0.15, 0.2) is 42.7 Å². The predicted octanol–water partition coefficient (Wildman–Crippen LogP) is 2.82. The second kappa shape index (κ2) is 4.74. The quantitative estimate of drug-likeness (QED) is 0.842. The van der Waals surface area contributed by atoms with E-state index in [0.29, 0.717) is 11.4 Å². The highest BCUT2D eigenvalue weighted by Crippen LogP contribution is 2.37. The molecule has 3 rings (SSSR count). The molecule has 3 nitrogen and oxygen atoms in total. The number of para-hydroxylation sites is 1. The molecule has 1 aromatic carbocycles. The van der Waals surface area contributed by atoms with Crippen LogP contribution in [0, 0.1) is 5.82 Å². The molecule has 5 heteroatoms. The van der Waals surface area contributed by atoms with Crippen molar-refractivity contribution in [3.63, 3.8) is 0 Å². The molecule has 0 unspecified atom stereocenters. The van der Waals surface area contributed by atoms with Crippen molar-refractivity contribution in [2.75, 3.05) is 12.8 Å². The lowest BCUT2D eigenvalue weighted by atomic mass is 10.3. The van der Waals surface area contributed by atoms with Gasteiger partial charge >= 0.3 is 0 Å². The smallest absolute Gasteiger partial charge is 0.233 e. The van der Waals surface area contributed by atoms with E-state index < -0.39 is 0 Å². The van der Waals surface area contributed by atoms with E-state index in [1.165, 1.54) is 6.07 Å². The zero-order valence-corrected chi connectivity index (χ0v) is 11.2. The molecule has 19 heavy (non-hydrogen) atoms. The minimum atomic E-state index is -0.256. The van der Waals surface area contributed by atoms with Crippen molar-refractivity contribution >= 4 is 17.7 Å². The van der Waals surface area contributed by atoms with Crippen molar-refractivity contribution < 1.29 is 9.18 Å². The molecular formula is C14H13FN2OS. The van der Waals surface area contributed by atoms with E-state index in [1.54, 1.807) is 46.5 Å². The van der Waals surface area contributed by atoms with E-state index in [2.05, 4.69) is 0 Å². The average molecular weight is 276 g/mol. The van der Waals surface area contributed by atoms with Crippen LogP contribution in [0.25, 0.3) is 5.69 Å². The second-order valence-corrected chi connectivity index (χ2v) is 5.54. The standard InChI is InChI=1S/C14H13FN2OS/c1-16-13(18)9-19-14(16)10-6-7-17(8-10)12-5-3-2-4-11(12)15/h2-8,14H,9H2,1H3/t14-/m0/s1. The molecule has 1 aliphatic rings. The van der Waals surface area contributed by atoms with E-state index in [0.717, 1.165) is 5.56 Å². The molecule has 98 valence electrons. The van der Waals surface area contributed by atoms with E-state index in [-0.39, 0.29) is 17.1 Å². The first-order chi connectivity index (χ1) is 9.16. The fourth-order valence-electron chi connectivity index (χ4n) is 2.18. The van der Waals surface area contributed by atoms with Crippen LogP contribution >= 0.6 is 11.8 Å². The van der Waals surface area contributed by atoms with Gasteiger partial charge in [-0.05, 0) is 18.2 Å². The third-order valence-corrected chi connectivity index (χ3v) is 4.56. The molecule has 2 heterocycles. The summed E-state index contributed by atoms with van der Waals surface area (Å²) in [6.45, 7) is 0. The van der Waals surface area contributed by atoms with Gasteiger partial charge in [0.1, 0.15) is 11.2 Å². The summed E-state index contributed by atoms with van der Waals surface area (Å²) in [7, 11) is 1.80. The average Bonchev–Trinajstić information content (AvgIpc) is 2.99. The van der Waals surface area contributed by atoms with E-state index in [4.69, 9.17) is 0 Å². The van der Waals surface area contributed by atoms with Gasteiger partial charge in [0.25, 0.3) is 0 Å². The summed E-state index contributed by atoms with van der Waals surface area (Å²) in [4.78, 5) is 13.3. The number of rotatable bonds is 2. The lowest BCUT2D eigenvalue weighted by Gasteiger charge is -2.17. The molecule has 1 atom stereocenters. The highest BCUT2D eigenvalue weighted by Gasteiger charge is 2.30. The number of hydrogen-bond acceptors (Lipinski definition) is 2. The van der Waals surface area contributed by atoms with Crippen LogP contribution in [-0.2, 0) is 4.79 Å². The monoisotopic (exact) mass is 276 g/mol. The molecule has 0 spiro atoms. The number of aromatic nitrogens is 1. The Balaban J connectivity index is 1.92. The number of thioether (sulfide) groups is 1. The Hall–Kier alpha value is -1.75. The summed E-state index contributed by atoms with van der Waals surface area (Å²) in [6.07, 6.45) is 3.70. The molecule has 1 saturated heterocycles. The molecule has 0 bridgehead atoms. The highest BCUT2D eigenvalue weighted by atomic mass is 32.2. The van der Waals surface area contributed by atoms with E-state index >= 15 is 0 Å². The summed E-state index contributed by atoms with van der Waals surface area (Å²) >= 11 is 1.59. The molecule has 0 N–H and O–H groups in total. The molecule has 1 aromatic heterocycles. The van der Waals surface area contributed by atoms with Crippen LogP contribution in [-0.4, -0.2) is 28.2 Å². The van der Waals surface area contributed by atoms with Crippen molar-refractivity contribution in [1.29, 1.82) is 0 Å². The Labute approximate surface area is 115 Å². The zero-order chi connectivity index (χ0) is 13.4. The van der Waals surface area contributed by atoms with Crippen LogP contribution in [0.5, 0.6) is 0 Å². The van der Waals surface area contributed by atoms with Gasteiger partial charge < -0.3 is 9.47 Å². The van der Waals surface area contributed by atoms with Crippen molar-refractivity contribution in [3.05, 3.63) is 54.1 Å². The maximum absolute atomic E-state index is 13.7. The fraction of sp³-hybridized carbons (Fsp3) is 0.214. The van der Waals surface area contributed by atoms with Crippen LogP contribution in [0.4, 0.5) is 4.39 Å². The number of carbonyl (C=O) groups is 1. The second-order valence-electron chi connectivity index (χ2n) is 4.47. The van der Waals surface area contributed by atoms with Crippen molar-refractivity contribution in [1.82, 2.24) is 9.47 Å². The minimum absolute atomic E-state index is 0.0283. The lowest BCUT2D eigenvalue weighted by Crippen LogP contribution is -2.22. The summed E-state index contributed by atoms with van der Waals surface area (Å²) in [5.74, 6) is 0.383. The van der Waals surface area contributed by atoms with Gasteiger partial charge in [0.05, 0.1) is 11.4 Å². The summed E-state index contributed by atoms with van der Waals surface area (Å²) in [6, 6.07) is 8.57. The summed E-state index contributed by atoms with van der Waals surface area (Å²) < 4.78 is 15.5. The van der Waals surface area contributed by atoms with Gasteiger partial charge in [0.15, 0.2) is 0 Å². The van der Waals surface area contributed by atoms with Gasteiger partial charge in [-0.3, -0.25) is 4.79 Å². The maximum atomic E-state index is 13.7. The number of benzene rings is 1. The molecule has 0 saturated carbocycles. The minimum Gasteiger partial charge on any atom is -0.329 e. The lowest BCUT2D eigenvalue weighted by molar-refractivity contribution is -0.126. The van der Waals surface area contributed by atoms with Gasteiger partial charge in [-0.1, -0.05) is 12.1 Å². The largest absolute Gasteiger partial charge is 0.329 e. The SMILES string of the molecule is CN1C(=O)CS[C@H]1c1ccn(-c2ccccc2F)c1. The van der Waals surface area contributed by atoms with Crippen LogP contribution < -0.4 is 0 Å². The van der Waals surface area contributed by atoms with Gasteiger partial charge in [0, 0.05) is 25.0 Å². The first kappa shape index (κ1) is 12.3. The summed E-state index contributed by atoms with van der Waals surface area (Å²) in [5, 5.41) is 0.0283. The van der Waals surface area contributed by atoms with Crippen LogP contribution in [0.2, 0.25) is 0 Å². The Bertz CT molecular complexity index is 625. The first-order valence-electron chi connectivity index (χ1n) is 5.97.